The van der Waals surface area contributed by atoms with Gasteiger partial charge in [0, 0.05) is 0 Å². The first-order valence-corrected chi connectivity index (χ1v) is 4.98. The van der Waals surface area contributed by atoms with Crippen molar-refractivity contribution in [1.29, 1.82) is 0 Å². The predicted molar refractivity (Wildman–Crippen MR) is 59.5 cm³/mol. The highest BCUT2D eigenvalue weighted by molar-refractivity contribution is 5.63. The molecule has 0 amide bonds. The van der Waals surface area contributed by atoms with Crippen molar-refractivity contribution in [1.82, 2.24) is 0 Å². The summed E-state index contributed by atoms with van der Waals surface area (Å²) >= 11 is 0. The summed E-state index contributed by atoms with van der Waals surface area (Å²) in [7, 11) is 0. The monoisotopic (exact) mass is 174 g/mol. The van der Waals surface area contributed by atoms with Gasteiger partial charge in [-0.25, -0.2) is 0 Å². The Morgan fingerprint density at radius 1 is 1.31 bits per heavy atom. The summed E-state index contributed by atoms with van der Waals surface area (Å²) in [6, 6.07) is 10.6. The summed E-state index contributed by atoms with van der Waals surface area (Å²) in [6.07, 6.45) is 3.56. The van der Waals surface area contributed by atoms with Gasteiger partial charge >= 0.3 is 0 Å². The SMILES string of the molecule is CCC(C)/C=C(\C)c1ccccc1. The molecule has 0 heteroatoms. The largest absolute Gasteiger partial charge is 0.0782 e. The number of benzene rings is 1. The molecule has 0 aromatic heterocycles. The Hall–Kier alpha value is -1.04. The third-order valence-electron chi connectivity index (χ3n) is 2.41. The summed E-state index contributed by atoms with van der Waals surface area (Å²) in [4.78, 5) is 0. The quantitative estimate of drug-likeness (QED) is 0.646. The molecule has 0 N–H and O–H groups in total. The van der Waals surface area contributed by atoms with E-state index in [1.165, 1.54) is 17.6 Å². The molecular weight excluding hydrogens is 156 g/mol. The van der Waals surface area contributed by atoms with Gasteiger partial charge in [-0.2, -0.15) is 0 Å². The van der Waals surface area contributed by atoms with Gasteiger partial charge in [-0.15, -0.1) is 0 Å². The van der Waals surface area contributed by atoms with Crippen molar-refractivity contribution in [3.05, 3.63) is 42.0 Å². The van der Waals surface area contributed by atoms with Crippen LogP contribution in [0, 0.1) is 5.92 Å². The molecule has 13 heavy (non-hydrogen) atoms. The molecule has 0 heterocycles. The Morgan fingerprint density at radius 2 is 1.92 bits per heavy atom. The predicted octanol–water partition coefficient (Wildman–Crippen LogP) is 4.14. The van der Waals surface area contributed by atoms with Crippen LogP contribution in [-0.2, 0) is 0 Å². The average Bonchev–Trinajstić information content (AvgIpc) is 2.19. The first kappa shape index (κ1) is 10.0. The number of allylic oxidation sites excluding steroid dienone is 2. The topological polar surface area (TPSA) is 0 Å². The molecule has 1 rings (SSSR count). The Labute approximate surface area is 81.3 Å². The molecule has 0 saturated heterocycles. The number of hydrogen-bond acceptors (Lipinski definition) is 0. The van der Waals surface area contributed by atoms with Crippen LogP contribution >= 0.6 is 0 Å². The highest BCUT2D eigenvalue weighted by Gasteiger charge is 1.97. The van der Waals surface area contributed by atoms with Crippen molar-refractivity contribution in [2.75, 3.05) is 0 Å². The van der Waals surface area contributed by atoms with Crippen molar-refractivity contribution in [3.63, 3.8) is 0 Å². The molecule has 1 unspecified atom stereocenters. The lowest BCUT2D eigenvalue weighted by molar-refractivity contribution is 0.699. The van der Waals surface area contributed by atoms with Crippen LogP contribution in [-0.4, -0.2) is 0 Å². The fourth-order valence-corrected chi connectivity index (χ4v) is 1.34. The summed E-state index contributed by atoms with van der Waals surface area (Å²) in [6.45, 7) is 6.66. The molecule has 0 nitrogen and oxygen atoms in total. The smallest absolute Gasteiger partial charge is 0.0230 e. The van der Waals surface area contributed by atoms with E-state index in [4.69, 9.17) is 0 Å². The molecule has 0 spiro atoms. The van der Waals surface area contributed by atoms with Crippen molar-refractivity contribution in [2.24, 2.45) is 5.92 Å². The van der Waals surface area contributed by atoms with Crippen molar-refractivity contribution in [3.8, 4) is 0 Å². The minimum atomic E-state index is 0.681. The fraction of sp³-hybridized carbons (Fsp3) is 0.385. The maximum atomic E-state index is 2.34. The average molecular weight is 174 g/mol. The van der Waals surface area contributed by atoms with E-state index in [2.05, 4.69) is 57.2 Å². The molecule has 1 atom stereocenters. The lowest BCUT2D eigenvalue weighted by atomic mass is 10.0. The lowest BCUT2D eigenvalue weighted by Gasteiger charge is -2.05. The zero-order chi connectivity index (χ0) is 9.68. The highest BCUT2D eigenvalue weighted by Crippen LogP contribution is 2.16. The molecule has 0 saturated carbocycles. The summed E-state index contributed by atoms with van der Waals surface area (Å²) in [5.41, 5.74) is 2.72. The van der Waals surface area contributed by atoms with Gasteiger partial charge < -0.3 is 0 Å². The third-order valence-corrected chi connectivity index (χ3v) is 2.41. The van der Waals surface area contributed by atoms with Crippen LogP contribution in [0.1, 0.15) is 32.8 Å². The van der Waals surface area contributed by atoms with Crippen molar-refractivity contribution < 1.29 is 0 Å². The Kier molecular flexibility index (Phi) is 3.75. The molecule has 0 aliphatic carbocycles. The third kappa shape index (κ3) is 3.06. The van der Waals surface area contributed by atoms with E-state index in [0.29, 0.717) is 5.92 Å². The maximum absolute atomic E-state index is 2.34. The molecule has 0 aliphatic heterocycles. The Bertz CT molecular complexity index is 269. The lowest BCUT2D eigenvalue weighted by Crippen LogP contribution is -1.87. The van der Waals surface area contributed by atoms with E-state index in [9.17, 15) is 0 Å². The first-order valence-electron chi connectivity index (χ1n) is 4.98. The van der Waals surface area contributed by atoms with Crippen LogP contribution in [0.15, 0.2) is 36.4 Å². The molecular formula is C13H18. The molecule has 0 fully saturated rings. The summed E-state index contributed by atoms with van der Waals surface area (Å²) in [5, 5.41) is 0. The Balaban J connectivity index is 2.79. The standard InChI is InChI=1S/C13H18/c1-4-11(2)10-12(3)13-8-6-5-7-9-13/h5-11H,4H2,1-3H3/b12-10+. The van der Waals surface area contributed by atoms with Gasteiger partial charge in [0.1, 0.15) is 0 Å². The zero-order valence-corrected chi connectivity index (χ0v) is 8.75. The van der Waals surface area contributed by atoms with E-state index in [0.717, 1.165) is 0 Å². The fourth-order valence-electron chi connectivity index (χ4n) is 1.34. The number of hydrogen-bond donors (Lipinski definition) is 0. The van der Waals surface area contributed by atoms with Gasteiger partial charge in [0.15, 0.2) is 0 Å². The van der Waals surface area contributed by atoms with Crippen LogP contribution in [0.2, 0.25) is 0 Å². The van der Waals surface area contributed by atoms with E-state index in [1.807, 2.05) is 0 Å². The zero-order valence-electron chi connectivity index (χ0n) is 8.75. The van der Waals surface area contributed by atoms with Gasteiger partial charge in [0.25, 0.3) is 0 Å². The minimum absolute atomic E-state index is 0.681. The minimum Gasteiger partial charge on any atom is -0.0782 e. The van der Waals surface area contributed by atoms with Gasteiger partial charge in [-0.1, -0.05) is 56.7 Å². The second-order valence-corrected chi connectivity index (χ2v) is 3.60. The van der Waals surface area contributed by atoms with Gasteiger partial charge in [-0.05, 0) is 24.0 Å². The molecule has 0 aliphatic rings. The van der Waals surface area contributed by atoms with Crippen LogP contribution in [0.4, 0.5) is 0 Å². The Morgan fingerprint density at radius 3 is 2.46 bits per heavy atom. The second-order valence-electron chi connectivity index (χ2n) is 3.60. The van der Waals surface area contributed by atoms with Gasteiger partial charge in [0.05, 0.1) is 0 Å². The van der Waals surface area contributed by atoms with Crippen LogP contribution in [0.25, 0.3) is 5.57 Å². The van der Waals surface area contributed by atoms with Crippen molar-refractivity contribution in [2.45, 2.75) is 27.2 Å². The second kappa shape index (κ2) is 4.86. The molecule has 1 aromatic carbocycles. The first-order chi connectivity index (χ1) is 6.24. The van der Waals surface area contributed by atoms with E-state index in [1.54, 1.807) is 0 Å². The van der Waals surface area contributed by atoms with E-state index >= 15 is 0 Å². The van der Waals surface area contributed by atoms with Crippen LogP contribution in [0.3, 0.4) is 0 Å². The molecule has 70 valence electrons. The molecule has 0 bridgehead atoms. The van der Waals surface area contributed by atoms with Gasteiger partial charge in [-0.3, -0.25) is 0 Å². The molecule has 0 radical (unpaired) electrons. The van der Waals surface area contributed by atoms with Crippen LogP contribution in [0.5, 0.6) is 0 Å². The van der Waals surface area contributed by atoms with Crippen LogP contribution < -0.4 is 0 Å². The van der Waals surface area contributed by atoms with E-state index < -0.39 is 0 Å². The highest BCUT2D eigenvalue weighted by atomic mass is 14.0. The normalized spacial score (nSPS) is 14.2. The number of rotatable bonds is 3. The maximum Gasteiger partial charge on any atom is -0.0230 e. The van der Waals surface area contributed by atoms with Gasteiger partial charge in [0.2, 0.25) is 0 Å². The molecule has 1 aromatic rings. The summed E-state index contributed by atoms with van der Waals surface area (Å²) < 4.78 is 0. The summed E-state index contributed by atoms with van der Waals surface area (Å²) in [5.74, 6) is 0.681. The van der Waals surface area contributed by atoms with E-state index in [-0.39, 0.29) is 0 Å². The van der Waals surface area contributed by atoms with Crippen molar-refractivity contribution >= 4 is 5.57 Å².